The molecule has 2 rings (SSSR count). The maximum absolute atomic E-state index is 11.7. The van der Waals surface area contributed by atoms with Crippen LogP contribution >= 0.6 is 11.8 Å². The summed E-state index contributed by atoms with van der Waals surface area (Å²) in [6, 6.07) is 7.13. The molecule has 0 radical (unpaired) electrons. The van der Waals surface area contributed by atoms with Gasteiger partial charge in [0.2, 0.25) is 0 Å². The Morgan fingerprint density at radius 2 is 2.25 bits per heavy atom. The average molecular weight is 234 g/mol. The predicted octanol–water partition coefficient (Wildman–Crippen LogP) is 1.05. The van der Waals surface area contributed by atoms with Crippen molar-refractivity contribution in [1.82, 2.24) is 9.97 Å². The molecule has 0 aliphatic carbocycles. The van der Waals surface area contributed by atoms with Crippen LogP contribution < -0.4 is 11.3 Å². The van der Waals surface area contributed by atoms with E-state index >= 15 is 0 Å². The van der Waals surface area contributed by atoms with E-state index in [1.165, 1.54) is 0 Å². The second-order valence-electron chi connectivity index (χ2n) is 3.18. The van der Waals surface area contributed by atoms with Crippen LogP contribution in [0.25, 0.3) is 10.9 Å². The molecule has 1 aromatic heterocycles. The molecule has 0 aliphatic heterocycles. The molecule has 1 heterocycles. The minimum atomic E-state index is -0.162. The highest BCUT2D eigenvalue weighted by atomic mass is 32.2. The molecule has 0 aliphatic rings. The molecule has 82 valence electrons. The number of fused-ring (bicyclic) bond motifs is 1. The van der Waals surface area contributed by atoms with Crippen LogP contribution in [0.3, 0.4) is 0 Å². The number of benzene rings is 1. The van der Waals surface area contributed by atoms with E-state index in [1.807, 2.05) is 6.07 Å². The first-order valence-corrected chi connectivity index (χ1v) is 5.60. The molecule has 0 fully saturated rings. The summed E-state index contributed by atoms with van der Waals surface area (Å²) in [4.78, 5) is 18.6. The van der Waals surface area contributed by atoms with E-state index < -0.39 is 0 Å². The summed E-state index contributed by atoms with van der Waals surface area (Å²) in [5, 5.41) is 7.66. The first-order valence-electron chi connectivity index (χ1n) is 4.61. The van der Waals surface area contributed by atoms with Crippen molar-refractivity contribution in [3.05, 3.63) is 40.4 Å². The largest absolute Gasteiger partial charge is 0.379 e. The lowest BCUT2D eigenvalue weighted by molar-refractivity contribution is 1.04. The number of para-hydroxylation sites is 1. The van der Waals surface area contributed by atoms with Gasteiger partial charge in [0, 0.05) is 0 Å². The molecule has 1 aromatic carbocycles. The fourth-order valence-electron chi connectivity index (χ4n) is 1.35. The lowest BCUT2D eigenvalue weighted by Gasteiger charge is -2.01. The van der Waals surface area contributed by atoms with E-state index in [1.54, 1.807) is 18.2 Å². The Labute approximate surface area is 95.6 Å². The van der Waals surface area contributed by atoms with Crippen molar-refractivity contribution in [3.8, 4) is 0 Å². The van der Waals surface area contributed by atoms with Crippen LogP contribution in [0.4, 0.5) is 0 Å². The number of rotatable bonds is 2. The standard InChI is InChI=1S/C10H10N4OS/c11-10(12)16-5-8-13-7-4-2-1-3-6(7)9(15)14-8/h1-4H,5H2,(H3,11,12)(H,13,14,15). The van der Waals surface area contributed by atoms with Gasteiger partial charge in [0.25, 0.3) is 5.56 Å². The maximum atomic E-state index is 11.7. The van der Waals surface area contributed by atoms with Crippen LogP contribution in [-0.4, -0.2) is 15.1 Å². The van der Waals surface area contributed by atoms with Gasteiger partial charge in [-0.25, -0.2) is 4.98 Å². The molecule has 0 saturated heterocycles. The van der Waals surface area contributed by atoms with Crippen molar-refractivity contribution in [2.24, 2.45) is 5.73 Å². The molecule has 0 atom stereocenters. The van der Waals surface area contributed by atoms with E-state index in [-0.39, 0.29) is 10.7 Å². The Balaban J connectivity index is 2.42. The van der Waals surface area contributed by atoms with Crippen LogP contribution in [0, 0.1) is 5.41 Å². The number of thioether (sulfide) groups is 1. The number of H-pyrrole nitrogens is 1. The van der Waals surface area contributed by atoms with Crippen molar-refractivity contribution in [3.63, 3.8) is 0 Å². The van der Waals surface area contributed by atoms with E-state index in [4.69, 9.17) is 11.1 Å². The molecule has 6 heteroatoms. The van der Waals surface area contributed by atoms with Gasteiger partial charge in [-0.3, -0.25) is 10.2 Å². The van der Waals surface area contributed by atoms with Crippen molar-refractivity contribution in [2.75, 3.05) is 0 Å². The Hall–Kier alpha value is -1.82. The predicted molar refractivity (Wildman–Crippen MR) is 65.6 cm³/mol. The highest BCUT2D eigenvalue weighted by Gasteiger charge is 2.03. The van der Waals surface area contributed by atoms with Crippen molar-refractivity contribution < 1.29 is 0 Å². The van der Waals surface area contributed by atoms with Crippen LogP contribution in [0.15, 0.2) is 29.1 Å². The molecule has 0 amide bonds. The molecular formula is C10H10N4OS. The molecule has 0 unspecified atom stereocenters. The topological polar surface area (TPSA) is 95.6 Å². The van der Waals surface area contributed by atoms with Gasteiger partial charge in [-0.1, -0.05) is 23.9 Å². The van der Waals surface area contributed by atoms with Gasteiger partial charge in [0.05, 0.1) is 16.7 Å². The Morgan fingerprint density at radius 1 is 1.50 bits per heavy atom. The van der Waals surface area contributed by atoms with Crippen LogP contribution in [0.2, 0.25) is 0 Å². The van der Waals surface area contributed by atoms with E-state index in [0.717, 1.165) is 11.8 Å². The SMILES string of the molecule is N=C(N)SCc1nc2ccccc2c(=O)[nH]1. The zero-order chi connectivity index (χ0) is 11.5. The number of nitrogens with two attached hydrogens (primary N) is 1. The number of aromatic amines is 1. The Bertz CT molecular complexity index is 593. The second-order valence-corrected chi connectivity index (χ2v) is 4.20. The third-order valence-corrected chi connectivity index (χ3v) is 2.76. The van der Waals surface area contributed by atoms with Crippen molar-refractivity contribution in [2.45, 2.75) is 5.75 Å². The summed E-state index contributed by atoms with van der Waals surface area (Å²) >= 11 is 1.13. The highest BCUT2D eigenvalue weighted by Crippen LogP contribution is 2.10. The third-order valence-electron chi connectivity index (χ3n) is 2.03. The van der Waals surface area contributed by atoms with Gasteiger partial charge < -0.3 is 10.7 Å². The minimum absolute atomic E-state index is 0.0100. The molecular weight excluding hydrogens is 224 g/mol. The molecule has 0 bridgehead atoms. The van der Waals surface area contributed by atoms with E-state index in [0.29, 0.717) is 22.5 Å². The second kappa shape index (κ2) is 4.36. The van der Waals surface area contributed by atoms with Gasteiger partial charge in [0.1, 0.15) is 5.82 Å². The zero-order valence-electron chi connectivity index (χ0n) is 8.36. The highest BCUT2D eigenvalue weighted by molar-refractivity contribution is 8.12. The number of aromatic nitrogens is 2. The van der Waals surface area contributed by atoms with Gasteiger partial charge in [-0.15, -0.1) is 0 Å². The first kappa shape index (κ1) is 10.7. The van der Waals surface area contributed by atoms with E-state index in [2.05, 4.69) is 9.97 Å². The fourth-order valence-corrected chi connectivity index (χ4v) is 1.78. The monoisotopic (exact) mass is 234 g/mol. The van der Waals surface area contributed by atoms with E-state index in [9.17, 15) is 4.79 Å². The summed E-state index contributed by atoms with van der Waals surface area (Å²) < 4.78 is 0. The lowest BCUT2D eigenvalue weighted by Crippen LogP contribution is -2.12. The normalized spacial score (nSPS) is 10.5. The minimum Gasteiger partial charge on any atom is -0.379 e. The summed E-state index contributed by atoms with van der Waals surface area (Å²) in [5.41, 5.74) is 5.71. The first-order chi connectivity index (χ1) is 7.66. The average Bonchev–Trinajstić information content (AvgIpc) is 2.26. The van der Waals surface area contributed by atoms with Crippen molar-refractivity contribution >= 4 is 27.8 Å². The number of amidine groups is 1. The van der Waals surface area contributed by atoms with Crippen molar-refractivity contribution in [1.29, 1.82) is 5.41 Å². The third kappa shape index (κ3) is 2.22. The summed E-state index contributed by atoms with van der Waals surface area (Å²) in [5.74, 6) is 0.930. The molecule has 0 saturated carbocycles. The van der Waals surface area contributed by atoms with Gasteiger partial charge in [-0.05, 0) is 12.1 Å². The summed E-state index contributed by atoms with van der Waals surface area (Å²) in [7, 11) is 0. The lowest BCUT2D eigenvalue weighted by atomic mass is 10.2. The molecule has 5 nitrogen and oxygen atoms in total. The number of hydrogen-bond acceptors (Lipinski definition) is 4. The molecule has 4 N–H and O–H groups in total. The number of hydrogen-bond donors (Lipinski definition) is 3. The summed E-state index contributed by atoms with van der Waals surface area (Å²) in [6.45, 7) is 0. The van der Waals surface area contributed by atoms with Crippen LogP contribution in [0.5, 0.6) is 0 Å². The molecule has 2 aromatic rings. The number of nitrogens with zero attached hydrogens (tertiary/aromatic N) is 1. The smallest absolute Gasteiger partial charge is 0.258 e. The fraction of sp³-hybridized carbons (Fsp3) is 0.100. The Kier molecular flexibility index (Phi) is 2.91. The van der Waals surface area contributed by atoms with Gasteiger partial charge in [0.15, 0.2) is 5.17 Å². The zero-order valence-corrected chi connectivity index (χ0v) is 9.17. The molecule has 16 heavy (non-hydrogen) atoms. The molecule has 0 spiro atoms. The van der Waals surface area contributed by atoms with Gasteiger partial charge >= 0.3 is 0 Å². The van der Waals surface area contributed by atoms with Gasteiger partial charge in [-0.2, -0.15) is 0 Å². The number of nitrogens with one attached hydrogen (secondary N) is 2. The quantitative estimate of drug-likeness (QED) is 0.534. The Morgan fingerprint density at radius 3 is 3.00 bits per heavy atom. The summed E-state index contributed by atoms with van der Waals surface area (Å²) in [6.07, 6.45) is 0. The maximum Gasteiger partial charge on any atom is 0.258 e. The van der Waals surface area contributed by atoms with Crippen LogP contribution in [0.1, 0.15) is 5.82 Å². The van der Waals surface area contributed by atoms with Crippen LogP contribution in [-0.2, 0) is 5.75 Å².